The minimum Gasteiger partial charge on any atom is -0.324 e. The fraction of sp³-hybridized carbons (Fsp3) is 0.750. The average molecular weight is 437 g/mol. The highest BCUT2D eigenvalue weighted by atomic mass is 15.2. The second kappa shape index (κ2) is 9.10. The fourth-order valence-corrected chi connectivity index (χ4v) is 6.89. The van der Waals surface area contributed by atoms with Gasteiger partial charge in [0.2, 0.25) is 0 Å². The van der Waals surface area contributed by atoms with Crippen LogP contribution in [-0.4, -0.2) is 47.2 Å². The number of benzene rings is 1. The number of rotatable bonds is 4. The molecule has 0 radical (unpaired) electrons. The van der Waals surface area contributed by atoms with Crippen molar-refractivity contribution in [2.75, 3.05) is 32.7 Å². The highest BCUT2D eigenvalue weighted by molar-refractivity contribution is 5.76. The molecule has 1 aromatic heterocycles. The lowest BCUT2D eigenvalue weighted by molar-refractivity contribution is 0.0109. The number of hydrogen-bond acceptors (Lipinski definition) is 3. The molecule has 2 aliphatic heterocycles. The second-order valence-electron chi connectivity index (χ2n) is 11.8. The number of imidazole rings is 1. The van der Waals surface area contributed by atoms with E-state index in [1.54, 1.807) is 0 Å². The van der Waals surface area contributed by atoms with Crippen molar-refractivity contribution < 1.29 is 0 Å². The van der Waals surface area contributed by atoms with Crippen LogP contribution >= 0.6 is 0 Å². The van der Waals surface area contributed by atoms with E-state index in [1.165, 1.54) is 75.0 Å². The molecule has 1 N–H and O–H groups in total. The lowest BCUT2D eigenvalue weighted by Gasteiger charge is -2.48. The summed E-state index contributed by atoms with van der Waals surface area (Å²) >= 11 is 0. The summed E-state index contributed by atoms with van der Waals surface area (Å²) in [5, 5.41) is 3.61. The molecule has 2 aromatic rings. The molecule has 0 bridgehead atoms. The normalized spacial score (nSPS) is 32.4. The summed E-state index contributed by atoms with van der Waals surface area (Å²) in [5.41, 5.74) is 3.01. The largest absolute Gasteiger partial charge is 0.324 e. The van der Waals surface area contributed by atoms with Crippen LogP contribution in [0.25, 0.3) is 11.0 Å². The lowest BCUT2D eigenvalue weighted by Crippen LogP contribution is -2.45. The summed E-state index contributed by atoms with van der Waals surface area (Å²) in [5.74, 6) is 4.42. The lowest BCUT2D eigenvalue weighted by atomic mass is 9.59. The first-order valence-electron chi connectivity index (χ1n) is 13.3. The van der Waals surface area contributed by atoms with Crippen molar-refractivity contribution in [1.82, 2.24) is 19.8 Å². The Morgan fingerprint density at radius 2 is 1.81 bits per heavy atom. The van der Waals surface area contributed by atoms with Crippen molar-refractivity contribution in [3.8, 4) is 0 Å². The van der Waals surface area contributed by atoms with Crippen LogP contribution in [0.5, 0.6) is 0 Å². The molecule has 176 valence electrons. The molecular formula is C28H44N4. The zero-order valence-electron chi connectivity index (χ0n) is 20.8. The third kappa shape index (κ3) is 4.14. The minimum atomic E-state index is 0.472. The molecule has 0 amide bonds. The molecule has 0 unspecified atom stereocenters. The number of piperidine rings is 2. The second-order valence-corrected chi connectivity index (χ2v) is 11.8. The Morgan fingerprint density at radius 1 is 1.03 bits per heavy atom. The van der Waals surface area contributed by atoms with Gasteiger partial charge >= 0.3 is 0 Å². The Balaban J connectivity index is 1.29. The fourth-order valence-electron chi connectivity index (χ4n) is 6.89. The Morgan fingerprint density at radius 3 is 2.56 bits per heavy atom. The van der Waals surface area contributed by atoms with E-state index in [2.05, 4.69) is 66.7 Å². The van der Waals surface area contributed by atoms with Crippen LogP contribution in [0, 0.1) is 23.2 Å². The summed E-state index contributed by atoms with van der Waals surface area (Å²) in [7, 11) is 0. The summed E-state index contributed by atoms with van der Waals surface area (Å²) in [6, 6.07) is 9.41. The number of para-hydroxylation sites is 2. The topological polar surface area (TPSA) is 33.1 Å². The number of fused-ring (bicyclic) bond motifs is 1. The van der Waals surface area contributed by atoms with Gasteiger partial charge in [-0.1, -0.05) is 39.8 Å². The molecule has 4 heteroatoms. The molecule has 1 aliphatic carbocycles. The van der Waals surface area contributed by atoms with Crippen LogP contribution in [0.1, 0.15) is 84.0 Å². The first-order valence-corrected chi connectivity index (χ1v) is 13.3. The summed E-state index contributed by atoms with van der Waals surface area (Å²) in [4.78, 5) is 7.95. The van der Waals surface area contributed by atoms with Gasteiger partial charge < -0.3 is 14.8 Å². The SMILES string of the molecule is C[C@@H]1CC[C@@H](CN2CCC(n3c([C@@H]4CCCNC4)nc4ccccc43)CC2)[C@H](C)C1(C)C. The molecule has 1 saturated carbocycles. The number of nitrogens with zero attached hydrogens (tertiary/aromatic N) is 3. The van der Waals surface area contributed by atoms with E-state index in [4.69, 9.17) is 4.98 Å². The van der Waals surface area contributed by atoms with Gasteiger partial charge in [0.15, 0.2) is 0 Å². The van der Waals surface area contributed by atoms with Crippen LogP contribution in [0.3, 0.4) is 0 Å². The number of aromatic nitrogens is 2. The van der Waals surface area contributed by atoms with E-state index in [-0.39, 0.29) is 0 Å². The van der Waals surface area contributed by atoms with E-state index in [9.17, 15) is 0 Å². The smallest absolute Gasteiger partial charge is 0.114 e. The van der Waals surface area contributed by atoms with E-state index in [0.717, 1.165) is 30.8 Å². The predicted molar refractivity (Wildman–Crippen MR) is 134 cm³/mol. The van der Waals surface area contributed by atoms with Gasteiger partial charge in [-0.25, -0.2) is 4.98 Å². The molecule has 4 atom stereocenters. The van der Waals surface area contributed by atoms with Crippen molar-refractivity contribution in [3.63, 3.8) is 0 Å². The molecule has 3 aliphatic rings. The Hall–Kier alpha value is -1.39. The van der Waals surface area contributed by atoms with E-state index in [0.29, 0.717) is 17.4 Å². The monoisotopic (exact) mass is 436 g/mol. The van der Waals surface area contributed by atoms with Gasteiger partial charge in [-0.15, -0.1) is 0 Å². The van der Waals surface area contributed by atoms with E-state index in [1.807, 2.05) is 0 Å². The Kier molecular flexibility index (Phi) is 6.37. The Labute approximate surface area is 195 Å². The zero-order chi connectivity index (χ0) is 22.3. The van der Waals surface area contributed by atoms with Gasteiger partial charge in [0.25, 0.3) is 0 Å². The van der Waals surface area contributed by atoms with Gasteiger partial charge in [-0.05, 0) is 80.4 Å². The van der Waals surface area contributed by atoms with Gasteiger partial charge in [0, 0.05) is 38.1 Å². The third-order valence-electron chi connectivity index (χ3n) is 9.82. The van der Waals surface area contributed by atoms with Crippen LogP contribution in [0.15, 0.2) is 24.3 Å². The number of hydrogen-bond donors (Lipinski definition) is 1. The first-order chi connectivity index (χ1) is 15.4. The van der Waals surface area contributed by atoms with E-state index < -0.39 is 0 Å². The maximum absolute atomic E-state index is 5.17. The highest BCUT2D eigenvalue weighted by Crippen LogP contribution is 2.48. The maximum Gasteiger partial charge on any atom is 0.114 e. The van der Waals surface area contributed by atoms with Gasteiger partial charge in [0.05, 0.1) is 11.0 Å². The summed E-state index contributed by atoms with van der Waals surface area (Å²) in [6.45, 7) is 16.0. The summed E-state index contributed by atoms with van der Waals surface area (Å²) in [6.07, 6.45) is 7.86. The average Bonchev–Trinajstić information content (AvgIpc) is 3.21. The Bertz CT molecular complexity index is 901. The van der Waals surface area contributed by atoms with Crippen LogP contribution < -0.4 is 5.32 Å². The zero-order valence-corrected chi connectivity index (χ0v) is 20.8. The van der Waals surface area contributed by atoms with E-state index >= 15 is 0 Å². The van der Waals surface area contributed by atoms with Gasteiger partial charge in [-0.3, -0.25) is 0 Å². The molecular weight excluding hydrogens is 392 g/mol. The molecule has 3 heterocycles. The van der Waals surface area contributed by atoms with Crippen molar-refractivity contribution in [3.05, 3.63) is 30.1 Å². The minimum absolute atomic E-state index is 0.472. The predicted octanol–water partition coefficient (Wildman–Crippen LogP) is 5.85. The summed E-state index contributed by atoms with van der Waals surface area (Å²) < 4.78 is 2.65. The van der Waals surface area contributed by atoms with Crippen molar-refractivity contribution in [1.29, 1.82) is 0 Å². The van der Waals surface area contributed by atoms with Crippen molar-refractivity contribution >= 4 is 11.0 Å². The molecule has 4 nitrogen and oxygen atoms in total. The third-order valence-corrected chi connectivity index (χ3v) is 9.82. The van der Waals surface area contributed by atoms with Gasteiger partial charge in [-0.2, -0.15) is 0 Å². The quantitative estimate of drug-likeness (QED) is 0.653. The molecule has 5 rings (SSSR count). The highest BCUT2D eigenvalue weighted by Gasteiger charge is 2.41. The van der Waals surface area contributed by atoms with Crippen LogP contribution in [-0.2, 0) is 0 Å². The van der Waals surface area contributed by atoms with Gasteiger partial charge in [0.1, 0.15) is 5.82 Å². The molecule has 3 fully saturated rings. The van der Waals surface area contributed by atoms with Crippen molar-refractivity contribution in [2.45, 2.75) is 78.2 Å². The van der Waals surface area contributed by atoms with Crippen molar-refractivity contribution in [2.24, 2.45) is 23.2 Å². The molecule has 1 aromatic carbocycles. The number of likely N-dealkylation sites (tertiary alicyclic amines) is 1. The molecule has 32 heavy (non-hydrogen) atoms. The maximum atomic E-state index is 5.17. The van der Waals surface area contributed by atoms with Crippen LogP contribution in [0.4, 0.5) is 0 Å². The first kappa shape index (κ1) is 22.4. The number of nitrogens with one attached hydrogen (secondary N) is 1. The van der Waals surface area contributed by atoms with Crippen LogP contribution in [0.2, 0.25) is 0 Å². The molecule has 0 spiro atoms. The molecule has 2 saturated heterocycles. The standard InChI is InChI=1S/C28H44N4/c1-20-11-12-23(21(2)28(20,3)4)19-31-16-13-24(14-17-31)32-26-10-6-5-9-25(26)30-27(32)22-8-7-15-29-18-22/h5-6,9-10,20-24,29H,7-8,11-19H2,1-4H3/t20-,21+,22-,23+/m1/s1.